The topological polar surface area (TPSA) is 76.1 Å². The lowest BCUT2D eigenvalue weighted by molar-refractivity contribution is -0.137. The number of alkyl halides is 3. The molecule has 18 heavy (non-hydrogen) atoms. The van der Waals surface area contributed by atoms with Gasteiger partial charge in [-0.1, -0.05) is 0 Å². The third kappa shape index (κ3) is 2.99. The third-order valence-electron chi connectivity index (χ3n) is 2.22. The van der Waals surface area contributed by atoms with Crippen molar-refractivity contribution in [3.8, 4) is 6.07 Å². The van der Waals surface area contributed by atoms with Crippen LogP contribution in [-0.2, 0) is 10.9 Å². The molecule has 0 saturated heterocycles. The third-order valence-corrected chi connectivity index (χ3v) is 2.22. The fourth-order valence-electron chi connectivity index (χ4n) is 1.37. The molecule has 0 bridgehead atoms. The number of nitrogens with zero attached hydrogens (tertiary/aromatic N) is 1. The lowest BCUT2D eigenvalue weighted by Crippen LogP contribution is -2.15. The van der Waals surface area contributed by atoms with Crippen LogP contribution in [0.1, 0.15) is 27.6 Å². The first-order chi connectivity index (χ1) is 8.29. The number of carbonyl (C=O) groups excluding carboxylic acids is 1. The van der Waals surface area contributed by atoms with Gasteiger partial charge < -0.3 is 10.5 Å². The van der Waals surface area contributed by atoms with Crippen LogP contribution in [0.25, 0.3) is 0 Å². The predicted molar refractivity (Wildman–Crippen MR) is 55.3 cm³/mol. The number of nitrogens with two attached hydrogens (primary N) is 1. The molecule has 1 aromatic carbocycles. The zero-order valence-electron chi connectivity index (χ0n) is 9.28. The molecule has 96 valence electrons. The Morgan fingerprint density at radius 1 is 1.44 bits per heavy atom. The van der Waals surface area contributed by atoms with Crippen LogP contribution < -0.4 is 5.73 Å². The lowest BCUT2D eigenvalue weighted by atomic mass is 10.0. The fourth-order valence-corrected chi connectivity index (χ4v) is 1.37. The average molecular weight is 258 g/mol. The second-order valence-corrected chi connectivity index (χ2v) is 3.45. The van der Waals surface area contributed by atoms with E-state index in [2.05, 4.69) is 0 Å². The standard InChI is InChI=1S/C11H9F3N2O2/c1-18-9(5-15)6-2-7(10(16)17)4-8(3-6)11(12,13)14/h2-4,9H,1H3,(H2,16,17). The van der Waals surface area contributed by atoms with E-state index < -0.39 is 23.8 Å². The minimum atomic E-state index is -4.63. The van der Waals surface area contributed by atoms with Crippen molar-refractivity contribution in [3.63, 3.8) is 0 Å². The van der Waals surface area contributed by atoms with E-state index in [1.165, 1.54) is 7.11 Å². The van der Waals surface area contributed by atoms with Crippen molar-refractivity contribution in [1.82, 2.24) is 0 Å². The summed E-state index contributed by atoms with van der Waals surface area (Å²) in [5.41, 5.74) is 3.51. The molecule has 0 aliphatic carbocycles. The summed E-state index contributed by atoms with van der Waals surface area (Å²) in [5.74, 6) is -1.00. The minimum absolute atomic E-state index is 0.0661. The predicted octanol–water partition coefficient (Wildman–Crippen LogP) is 2.02. The molecule has 0 radical (unpaired) electrons. The second kappa shape index (κ2) is 5.06. The van der Waals surface area contributed by atoms with Crippen molar-refractivity contribution >= 4 is 5.91 Å². The van der Waals surface area contributed by atoms with Crippen molar-refractivity contribution in [1.29, 1.82) is 5.26 Å². The van der Waals surface area contributed by atoms with E-state index in [1.54, 1.807) is 6.07 Å². The van der Waals surface area contributed by atoms with Crippen molar-refractivity contribution in [2.45, 2.75) is 12.3 Å². The van der Waals surface area contributed by atoms with Crippen LogP contribution in [0.15, 0.2) is 18.2 Å². The number of nitriles is 1. The van der Waals surface area contributed by atoms with Crippen molar-refractivity contribution in [2.75, 3.05) is 7.11 Å². The maximum absolute atomic E-state index is 12.6. The Kier molecular flexibility index (Phi) is 3.93. The molecule has 2 N–H and O–H groups in total. The molecule has 0 saturated carbocycles. The van der Waals surface area contributed by atoms with Crippen LogP contribution in [0.2, 0.25) is 0 Å². The van der Waals surface area contributed by atoms with E-state index in [0.29, 0.717) is 6.07 Å². The molecule has 1 amide bonds. The fraction of sp³-hybridized carbons (Fsp3) is 0.273. The smallest absolute Gasteiger partial charge is 0.366 e. The number of primary amides is 1. The van der Waals surface area contributed by atoms with Gasteiger partial charge in [-0.25, -0.2) is 0 Å². The summed E-state index contributed by atoms with van der Waals surface area (Å²) < 4.78 is 42.5. The summed E-state index contributed by atoms with van der Waals surface area (Å²) >= 11 is 0. The minimum Gasteiger partial charge on any atom is -0.366 e. The van der Waals surface area contributed by atoms with Gasteiger partial charge in [0.25, 0.3) is 0 Å². The first kappa shape index (κ1) is 14.0. The second-order valence-electron chi connectivity index (χ2n) is 3.45. The highest BCUT2D eigenvalue weighted by Crippen LogP contribution is 2.32. The SMILES string of the molecule is COC(C#N)c1cc(C(N)=O)cc(C(F)(F)F)c1. The molecule has 0 fully saturated rings. The first-order valence-corrected chi connectivity index (χ1v) is 4.74. The summed E-state index contributed by atoms with van der Waals surface area (Å²) in [6, 6.07) is 4.17. The van der Waals surface area contributed by atoms with Gasteiger partial charge in [0, 0.05) is 12.7 Å². The highest BCUT2D eigenvalue weighted by Gasteiger charge is 2.32. The van der Waals surface area contributed by atoms with Gasteiger partial charge in [0.15, 0.2) is 6.10 Å². The Morgan fingerprint density at radius 3 is 2.44 bits per heavy atom. The first-order valence-electron chi connectivity index (χ1n) is 4.74. The molecule has 4 nitrogen and oxygen atoms in total. The number of benzene rings is 1. The summed E-state index contributed by atoms with van der Waals surface area (Å²) in [6.45, 7) is 0. The summed E-state index contributed by atoms with van der Waals surface area (Å²) in [6.07, 6.45) is -5.82. The molecule has 7 heteroatoms. The highest BCUT2D eigenvalue weighted by atomic mass is 19.4. The normalized spacial score (nSPS) is 12.8. The molecule has 0 aromatic heterocycles. The zero-order valence-corrected chi connectivity index (χ0v) is 9.28. The van der Waals surface area contributed by atoms with Gasteiger partial charge in [0.05, 0.1) is 11.6 Å². The zero-order chi connectivity index (χ0) is 13.9. The Morgan fingerprint density at radius 2 is 2.06 bits per heavy atom. The molecule has 0 aliphatic heterocycles. The van der Waals surface area contributed by atoms with Crippen LogP contribution in [0.5, 0.6) is 0 Å². The summed E-state index contributed by atoms with van der Waals surface area (Å²) in [5, 5.41) is 8.73. The van der Waals surface area contributed by atoms with Gasteiger partial charge in [-0.3, -0.25) is 4.79 Å². The monoisotopic (exact) mass is 258 g/mol. The van der Waals surface area contributed by atoms with Gasteiger partial charge >= 0.3 is 6.18 Å². The molecular weight excluding hydrogens is 249 g/mol. The van der Waals surface area contributed by atoms with Crippen LogP contribution in [-0.4, -0.2) is 13.0 Å². The van der Waals surface area contributed by atoms with E-state index in [-0.39, 0.29) is 11.1 Å². The van der Waals surface area contributed by atoms with Crippen molar-refractivity contribution in [3.05, 3.63) is 34.9 Å². The van der Waals surface area contributed by atoms with Gasteiger partial charge in [-0.15, -0.1) is 0 Å². The van der Waals surface area contributed by atoms with Crippen molar-refractivity contribution in [2.24, 2.45) is 5.73 Å². The molecule has 1 rings (SSSR count). The molecule has 1 unspecified atom stereocenters. The van der Waals surface area contributed by atoms with Gasteiger partial charge in [0.1, 0.15) is 0 Å². The lowest BCUT2D eigenvalue weighted by Gasteiger charge is -2.13. The maximum atomic E-state index is 12.6. The Labute approximate surface area is 101 Å². The van der Waals surface area contributed by atoms with E-state index in [1.807, 2.05) is 0 Å². The number of halogens is 3. The quantitative estimate of drug-likeness (QED) is 0.900. The average Bonchev–Trinajstić information content (AvgIpc) is 2.29. The van der Waals surface area contributed by atoms with E-state index in [4.69, 9.17) is 15.7 Å². The van der Waals surface area contributed by atoms with Crippen LogP contribution in [0.4, 0.5) is 13.2 Å². The number of carbonyl (C=O) groups is 1. The number of amides is 1. The van der Waals surface area contributed by atoms with Crippen LogP contribution in [0, 0.1) is 11.3 Å². The Hall–Kier alpha value is -2.07. The number of methoxy groups -OCH3 is 1. The van der Waals surface area contributed by atoms with E-state index >= 15 is 0 Å². The Balaban J connectivity index is 3.41. The number of hydrogen-bond donors (Lipinski definition) is 1. The summed E-state index contributed by atoms with van der Waals surface area (Å²) in [4.78, 5) is 11.0. The van der Waals surface area contributed by atoms with Gasteiger partial charge in [-0.05, 0) is 23.8 Å². The maximum Gasteiger partial charge on any atom is 0.416 e. The van der Waals surface area contributed by atoms with E-state index in [9.17, 15) is 18.0 Å². The molecule has 1 aromatic rings. The Bertz CT molecular complexity index is 506. The molecule has 0 spiro atoms. The van der Waals surface area contributed by atoms with E-state index in [0.717, 1.165) is 12.1 Å². The molecule has 1 atom stereocenters. The van der Waals surface area contributed by atoms with Gasteiger partial charge in [0.2, 0.25) is 5.91 Å². The van der Waals surface area contributed by atoms with Crippen molar-refractivity contribution < 1.29 is 22.7 Å². The number of ether oxygens (including phenoxy) is 1. The van der Waals surface area contributed by atoms with Gasteiger partial charge in [-0.2, -0.15) is 18.4 Å². The summed E-state index contributed by atoms with van der Waals surface area (Å²) in [7, 11) is 1.18. The highest BCUT2D eigenvalue weighted by molar-refractivity contribution is 5.93. The number of hydrogen-bond acceptors (Lipinski definition) is 3. The van der Waals surface area contributed by atoms with Crippen LogP contribution in [0.3, 0.4) is 0 Å². The molecule has 0 heterocycles. The molecular formula is C11H9F3N2O2. The molecule has 0 aliphatic rings. The van der Waals surface area contributed by atoms with Crippen LogP contribution >= 0.6 is 0 Å². The number of rotatable bonds is 3. The largest absolute Gasteiger partial charge is 0.416 e.